The van der Waals surface area contributed by atoms with Gasteiger partial charge in [0, 0.05) is 36.6 Å². The summed E-state index contributed by atoms with van der Waals surface area (Å²) in [5.74, 6) is -1.07. The first-order valence-corrected chi connectivity index (χ1v) is 10.1. The number of nitrogens with zero attached hydrogens (tertiary/aromatic N) is 1. The fraction of sp³-hybridized carbons (Fsp3) is 0.933. The average molecular weight is 368 g/mol. The van der Waals surface area contributed by atoms with Crippen LogP contribution >= 0.6 is 0 Å². The highest BCUT2D eigenvalue weighted by molar-refractivity contribution is 6.08. The largest absolute Gasteiger partial charge is 0.465 e. The van der Waals surface area contributed by atoms with Crippen molar-refractivity contribution in [2.45, 2.75) is 52.6 Å². The third-order valence-corrected chi connectivity index (χ3v) is 3.91. The van der Waals surface area contributed by atoms with Gasteiger partial charge in [0.15, 0.2) is 0 Å². The van der Waals surface area contributed by atoms with E-state index >= 15 is 0 Å². The molecule has 0 radical (unpaired) electrons. The molecular formula is C15H33NO7Si. The summed E-state index contributed by atoms with van der Waals surface area (Å²) in [6.07, 6.45) is -0.990. The first kappa shape index (κ1) is 23.3. The third-order valence-electron chi connectivity index (χ3n) is 3.17. The normalized spacial score (nSPS) is 13.0. The van der Waals surface area contributed by atoms with Crippen LogP contribution in [0.1, 0.15) is 34.6 Å². The molecule has 0 aromatic carbocycles. The molecule has 0 heterocycles. The van der Waals surface area contributed by atoms with E-state index in [1.807, 2.05) is 20.8 Å². The smallest absolute Gasteiger partial charge is 0.373 e. The molecule has 0 saturated carbocycles. The van der Waals surface area contributed by atoms with Crippen molar-refractivity contribution in [3.05, 3.63) is 0 Å². The highest BCUT2D eigenvalue weighted by Crippen LogP contribution is 2.25. The Morgan fingerprint density at radius 2 is 1.67 bits per heavy atom. The lowest BCUT2D eigenvalue weighted by Crippen LogP contribution is -2.54. The van der Waals surface area contributed by atoms with Crippen LogP contribution in [-0.2, 0) is 28.8 Å². The standard InChI is InChI=1S/C15H33NO7Si/c1-6-16(14(17)23-22-10-5)21-12-15(19-8-3,20-9-4)13(11-24)18-7-2/h13H,6-12H2,1-5,24H3. The van der Waals surface area contributed by atoms with Crippen LogP contribution in [0.4, 0.5) is 4.79 Å². The Morgan fingerprint density at radius 1 is 1.04 bits per heavy atom. The maximum atomic E-state index is 11.9. The molecule has 144 valence electrons. The number of hydrogen-bond donors (Lipinski definition) is 0. The highest BCUT2D eigenvalue weighted by atomic mass is 28.1. The van der Waals surface area contributed by atoms with Crippen molar-refractivity contribution in [3.63, 3.8) is 0 Å². The van der Waals surface area contributed by atoms with Gasteiger partial charge in [0.05, 0.1) is 6.61 Å². The lowest BCUT2D eigenvalue weighted by atomic mass is 10.1. The summed E-state index contributed by atoms with van der Waals surface area (Å²) < 4.78 is 17.5. The highest BCUT2D eigenvalue weighted by Gasteiger charge is 2.42. The minimum Gasteiger partial charge on any atom is -0.373 e. The van der Waals surface area contributed by atoms with E-state index in [0.717, 1.165) is 21.3 Å². The van der Waals surface area contributed by atoms with Crippen LogP contribution in [0, 0.1) is 0 Å². The molecule has 8 nitrogen and oxygen atoms in total. The zero-order valence-electron chi connectivity index (χ0n) is 15.8. The first-order valence-electron chi connectivity index (χ1n) is 8.68. The zero-order chi connectivity index (χ0) is 18.4. The number of hydrogen-bond acceptors (Lipinski definition) is 7. The molecule has 0 rings (SSSR count). The fourth-order valence-corrected chi connectivity index (χ4v) is 3.10. The minimum absolute atomic E-state index is 0.0106. The van der Waals surface area contributed by atoms with E-state index in [-0.39, 0.29) is 19.3 Å². The van der Waals surface area contributed by atoms with Gasteiger partial charge in [0.2, 0.25) is 5.79 Å². The molecule has 0 spiro atoms. The van der Waals surface area contributed by atoms with Crippen molar-refractivity contribution in [2.24, 2.45) is 0 Å². The monoisotopic (exact) mass is 367 g/mol. The molecule has 0 aliphatic heterocycles. The lowest BCUT2D eigenvalue weighted by Gasteiger charge is -2.39. The number of hydroxylamine groups is 2. The second-order valence-corrected chi connectivity index (χ2v) is 5.57. The third kappa shape index (κ3) is 7.45. The van der Waals surface area contributed by atoms with Gasteiger partial charge in [-0.2, -0.15) is 9.95 Å². The van der Waals surface area contributed by atoms with Crippen molar-refractivity contribution in [2.75, 3.05) is 39.6 Å². The predicted octanol–water partition coefficient (Wildman–Crippen LogP) is 1.29. The Morgan fingerprint density at radius 3 is 2.08 bits per heavy atom. The Labute approximate surface area is 148 Å². The molecule has 0 aliphatic rings. The molecule has 1 unspecified atom stereocenters. The molecule has 0 fully saturated rings. The van der Waals surface area contributed by atoms with Crippen LogP contribution in [0.5, 0.6) is 0 Å². The Hall–Kier alpha value is -0.713. The maximum absolute atomic E-state index is 11.9. The summed E-state index contributed by atoms with van der Waals surface area (Å²) in [6.45, 7) is 11.1. The van der Waals surface area contributed by atoms with E-state index in [2.05, 4.69) is 9.78 Å². The zero-order valence-corrected chi connectivity index (χ0v) is 17.8. The van der Waals surface area contributed by atoms with Crippen molar-refractivity contribution in [3.8, 4) is 0 Å². The Kier molecular flexibility index (Phi) is 13.2. The van der Waals surface area contributed by atoms with Crippen LogP contribution in [0.25, 0.3) is 0 Å². The van der Waals surface area contributed by atoms with Gasteiger partial charge in [-0.15, -0.1) is 0 Å². The average Bonchev–Trinajstić information content (AvgIpc) is 2.58. The van der Waals surface area contributed by atoms with Crippen LogP contribution in [0.15, 0.2) is 0 Å². The number of amides is 1. The molecule has 1 atom stereocenters. The SMILES string of the molecule is CCOOC(=O)N(CC)OCC(OCC)(OCC)C(C[SiH3])OCC. The van der Waals surface area contributed by atoms with E-state index in [0.29, 0.717) is 26.4 Å². The summed E-state index contributed by atoms with van der Waals surface area (Å²) in [4.78, 5) is 26.8. The van der Waals surface area contributed by atoms with Crippen LogP contribution in [0.2, 0.25) is 6.04 Å². The van der Waals surface area contributed by atoms with E-state index in [9.17, 15) is 4.79 Å². The van der Waals surface area contributed by atoms with E-state index in [4.69, 9.17) is 19.0 Å². The van der Waals surface area contributed by atoms with E-state index < -0.39 is 11.9 Å². The van der Waals surface area contributed by atoms with E-state index in [1.54, 1.807) is 13.8 Å². The maximum Gasteiger partial charge on any atom is 0.465 e. The first-order chi connectivity index (χ1) is 11.5. The van der Waals surface area contributed by atoms with Crippen molar-refractivity contribution < 1.29 is 33.6 Å². The number of ether oxygens (including phenoxy) is 3. The Balaban J connectivity index is 5.10. The number of carbonyl (C=O) groups excluding carboxylic acids is 1. The van der Waals surface area contributed by atoms with Crippen molar-refractivity contribution in [1.82, 2.24) is 5.06 Å². The molecule has 0 N–H and O–H groups in total. The molecule has 0 aliphatic carbocycles. The molecule has 0 saturated heterocycles. The predicted molar refractivity (Wildman–Crippen MR) is 92.6 cm³/mol. The van der Waals surface area contributed by atoms with Gasteiger partial charge in [-0.1, -0.05) is 0 Å². The molecule has 9 heteroatoms. The quantitative estimate of drug-likeness (QED) is 0.198. The van der Waals surface area contributed by atoms with Gasteiger partial charge in [-0.25, -0.2) is 4.79 Å². The summed E-state index contributed by atoms with van der Waals surface area (Å²) in [7, 11) is 0.918. The van der Waals surface area contributed by atoms with Gasteiger partial charge >= 0.3 is 6.09 Å². The van der Waals surface area contributed by atoms with Gasteiger partial charge < -0.3 is 14.2 Å². The second kappa shape index (κ2) is 13.6. The molecule has 0 aromatic heterocycles. The van der Waals surface area contributed by atoms with Gasteiger partial charge in [0.1, 0.15) is 12.7 Å². The number of rotatable bonds is 14. The summed E-state index contributed by atoms with van der Waals surface area (Å²) in [5, 5.41) is 1.07. The van der Waals surface area contributed by atoms with Gasteiger partial charge in [0.25, 0.3) is 0 Å². The molecule has 24 heavy (non-hydrogen) atoms. The Bertz CT molecular complexity index is 327. The van der Waals surface area contributed by atoms with Crippen molar-refractivity contribution >= 4 is 16.3 Å². The molecular weight excluding hydrogens is 334 g/mol. The summed E-state index contributed by atoms with van der Waals surface area (Å²) in [6, 6.07) is 0.812. The summed E-state index contributed by atoms with van der Waals surface area (Å²) >= 11 is 0. The fourth-order valence-electron chi connectivity index (χ4n) is 2.24. The number of carbonyl (C=O) groups is 1. The molecule has 1 amide bonds. The van der Waals surface area contributed by atoms with E-state index in [1.165, 1.54) is 0 Å². The van der Waals surface area contributed by atoms with Gasteiger partial charge in [-0.3, -0.25) is 9.73 Å². The minimum atomic E-state index is -1.07. The lowest BCUT2D eigenvalue weighted by molar-refractivity contribution is -0.332. The topological polar surface area (TPSA) is 75.7 Å². The van der Waals surface area contributed by atoms with Crippen LogP contribution in [-0.4, -0.2) is 72.9 Å². The van der Waals surface area contributed by atoms with Crippen LogP contribution < -0.4 is 0 Å². The van der Waals surface area contributed by atoms with Crippen molar-refractivity contribution in [1.29, 1.82) is 0 Å². The van der Waals surface area contributed by atoms with Gasteiger partial charge in [-0.05, 0) is 40.7 Å². The van der Waals surface area contributed by atoms with Crippen LogP contribution in [0.3, 0.4) is 0 Å². The summed E-state index contributed by atoms with van der Waals surface area (Å²) in [5.41, 5.74) is 0. The second-order valence-electron chi connectivity index (χ2n) is 4.75. The molecule has 0 bridgehead atoms. The molecule has 0 aromatic rings.